The lowest BCUT2D eigenvalue weighted by Crippen LogP contribution is -2.44. The van der Waals surface area contributed by atoms with E-state index in [0.29, 0.717) is 24.0 Å². The van der Waals surface area contributed by atoms with E-state index in [0.717, 1.165) is 12.5 Å². The van der Waals surface area contributed by atoms with E-state index in [1.807, 2.05) is 25.7 Å². The number of rotatable bonds is 3. The predicted molar refractivity (Wildman–Crippen MR) is 76.4 cm³/mol. The zero-order chi connectivity index (χ0) is 14.7. The Morgan fingerprint density at radius 2 is 2.00 bits per heavy atom. The van der Waals surface area contributed by atoms with Gasteiger partial charge in [0.25, 0.3) is 0 Å². The Balaban J connectivity index is 1.62. The van der Waals surface area contributed by atoms with Gasteiger partial charge in [0, 0.05) is 12.6 Å². The van der Waals surface area contributed by atoms with Crippen molar-refractivity contribution in [1.82, 2.24) is 4.90 Å². The molecule has 1 saturated heterocycles. The summed E-state index contributed by atoms with van der Waals surface area (Å²) in [6.45, 7) is 10.7. The second kappa shape index (κ2) is 4.62. The minimum Gasteiger partial charge on any atom is -0.444 e. The summed E-state index contributed by atoms with van der Waals surface area (Å²) in [5.74, 6) is 2.02. The zero-order valence-electron chi connectivity index (χ0n) is 13.3. The predicted octanol–water partition coefficient (Wildman–Crippen LogP) is 3.06. The Hall–Kier alpha value is -0.770. The van der Waals surface area contributed by atoms with Gasteiger partial charge in [-0.15, -0.1) is 0 Å². The third kappa shape index (κ3) is 2.54. The summed E-state index contributed by atoms with van der Waals surface area (Å²) in [6, 6.07) is 0.180. The van der Waals surface area contributed by atoms with Gasteiger partial charge in [0.05, 0.1) is 12.2 Å². The van der Waals surface area contributed by atoms with Crippen LogP contribution in [0.4, 0.5) is 4.79 Å². The molecule has 1 heterocycles. The topological polar surface area (TPSA) is 42.1 Å². The highest BCUT2D eigenvalue weighted by molar-refractivity contribution is 5.68. The van der Waals surface area contributed by atoms with Crippen molar-refractivity contribution in [3.05, 3.63) is 0 Å². The molecule has 0 aromatic carbocycles. The Morgan fingerprint density at radius 3 is 2.50 bits per heavy atom. The number of amides is 1. The van der Waals surface area contributed by atoms with E-state index in [1.54, 1.807) is 0 Å². The fourth-order valence-corrected chi connectivity index (χ4v) is 4.01. The van der Waals surface area contributed by atoms with E-state index in [-0.39, 0.29) is 12.1 Å². The Morgan fingerprint density at radius 1 is 1.30 bits per heavy atom. The molecule has 0 spiro atoms. The van der Waals surface area contributed by atoms with Crippen LogP contribution in [0.2, 0.25) is 0 Å². The van der Waals surface area contributed by atoms with Crippen molar-refractivity contribution < 1.29 is 14.3 Å². The maximum absolute atomic E-state index is 12.4. The number of carbonyl (C=O) groups is 1. The van der Waals surface area contributed by atoms with E-state index in [4.69, 9.17) is 9.47 Å². The van der Waals surface area contributed by atoms with Gasteiger partial charge in [0.2, 0.25) is 0 Å². The van der Waals surface area contributed by atoms with Gasteiger partial charge in [-0.25, -0.2) is 4.79 Å². The Kier molecular flexibility index (Phi) is 3.27. The quantitative estimate of drug-likeness (QED) is 0.747. The molecule has 0 aromatic rings. The van der Waals surface area contributed by atoms with E-state index in [2.05, 4.69) is 13.8 Å². The molecule has 1 amide bonds. The maximum atomic E-state index is 12.4. The highest BCUT2D eigenvalue weighted by Crippen LogP contribution is 2.58. The molecule has 0 N–H and O–H groups in total. The average molecular weight is 281 g/mol. The first-order valence-electron chi connectivity index (χ1n) is 7.91. The van der Waals surface area contributed by atoms with E-state index < -0.39 is 5.60 Å². The summed E-state index contributed by atoms with van der Waals surface area (Å²) >= 11 is 0. The van der Waals surface area contributed by atoms with Gasteiger partial charge in [0.1, 0.15) is 5.60 Å². The van der Waals surface area contributed by atoms with Crippen LogP contribution >= 0.6 is 0 Å². The van der Waals surface area contributed by atoms with Crippen LogP contribution in [0.15, 0.2) is 0 Å². The van der Waals surface area contributed by atoms with Gasteiger partial charge >= 0.3 is 6.09 Å². The first kappa shape index (κ1) is 14.2. The van der Waals surface area contributed by atoms with Crippen molar-refractivity contribution in [3.8, 4) is 0 Å². The van der Waals surface area contributed by atoms with Crippen LogP contribution in [-0.2, 0) is 9.47 Å². The van der Waals surface area contributed by atoms with E-state index in [1.165, 1.54) is 12.8 Å². The van der Waals surface area contributed by atoms with Crippen LogP contribution in [0.3, 0.4) is 0 Å². The molecule has 3 aliphatic rings. The summed E-state index contributed by atoms with van der Waals surface area (Å²) < 4.78 is 11.3. The number of ether oxygens (including phenoxy) is 2. The maximum Gasteiger partial charge on any atom is 0.410 e. The van der Waals surface area contributed by atoms with Gasteiger partial charge in [-0.3, -0.25) is 0 Å². The largest absolute Gasteiger partial charge is 0.444 e. The number of fused-ring (bicyclic) bond motifs is 5. The van der Waals surface area contributed by atoms with Crippen LogP contribution in [0, 0.1) is 17.8 Å². The Bertz CT molecular complexity index is 401. The number of carbonyl (C=O) groups excluding carboxylic acids is 1. The van der Waals surface area contributed by atoms with Crippen molar-refractivity contribution in [3.63, 3.8) is 0 Å². The lowest BCUT2D eigenvalue weighted by molar-refractivity contribution is 0.0136. The molecule has 1 aliphatic heterocycles. The smallest absolute Gasteiger partial charge is 0.410 e. The SMILES string of the molecule is CC(C)N(CC1CC2CC1C1OC21)C(=O)OC(C)(C)C. The van der Waals surface area contributed by atoms with Crippen molar-refractivity contribution in [1.29, 1.82) is 0 Å². The van der Waals surface area contributed by atoms with Crippen LogP contribution in [0.1, 0.15) is 47.5 Å². The molecule has 2 bridgehead atoms. The highest BCUT2D eigenvalue weighted by Gasteiger charge is 2.63. The third-order valence-corrected chi connectivity index (χ3v) is 4.92. The van der Waals surface area contributed by atoms with Crippen LogP contribution < -0.4 is 0 Å². The number of hydrogen-bond acceptors (Lipinski definition) is 3. The van der Waals surface area contributed by atoms with Crippen LogP contribution in [0.25, 0.3) is 0 Å². The summed E-state index contributed by atoms with van der Waals surface area (Å²) in [6.07, 6.45) is 3.41. The number of nitrogens with zero attached hydrogens (tertiary/aromatic N) is 1. The van der Waals surface area contributed by atoms with E-state index >= 15 is 0 Å². The van der Waals surface area contributed by atoms with Crippen molar-refractivity contribution in [2.24, 2.45) is 17.8 Å². The molecule has 4 heteroatoms. The molecule has 5 atom stereocenters. The van der Waals surface area contributed by atoms with Crippen molar-refractivity contribution in [2.45, 2.75) is 71.3 Å². The zero-order valence-corrected chi connectivity index (χ0v) is 13.3. The molecule has 3 rings (SSSR count). The number of hydrogen-bond donors (Lipinski definition) is 0. The molecule has 4 nitrogen and oxygen atoms in total. The standard InChI is InChI=1S/C16H27NO3/c1-9(2)17(15(18)20-16(3,4)5)8-11-6-10-7-12(11)14-13(10)19-14/h9-14H,6-8H2,1-5H3. The van der Waals surface area contributed by atoms with Crippen molar-refractivity contribution >= 4 is 6.09 Å². The summed E-state index contributed by atoms with van der Waals surface area (Å²) in [7, 11) is 0. The lowest BCUT2D eigenvalue weighted by Gasteiger charge is -2.33. The fourth-order valence-electron chi connectivity index (χ4n) is 4.01. The molecular weight excluding hydrogens is 254 g/mol. The van der Waals surface area contributed by atoms with Crippen molar-refractivity contribution in [2.75, 3.05) is 6.54 Å². The minimum atomic E-state index is -0.427. The minimum absolute atomic E-state index is 0.177. The average Bonchev–Trinajstić information content (AvgIpc) is 2.90. The molecule has 2 aliphatic carbocycles. The summed E-state index contributed by atoms with van der Waals surface area (Å²) in [5, 5.41) is 0. The second-order valence-electron chi connectivity index (χ2n) is 7.95. The molecule has 114 valence electrons. The van der Waals surface area contributed by atoms with Gasteiger partial charge in [-0.2, -0.15) is 0 Å². The Labute approximate surface area is 121 Å². The normalized spacial score (nSPS) is 38.0. The van der Waals surface area contributed by atoms with Gasteiger partial charge in [-0.05, 0) is 65.2 Å². The molecule has 20 heavy (non-hydrogen) atoms. The second-order valence-corrected chi connectivity index (χ2v) is 7.95. The third-order valence-electron chi connectivity index (χ3n) is 4.92. The molecule has 0 aromatic heterocycles. The van der Waals surface area contributed by atoms with Crippen LogP contribution in [0.5, 0.6) is 0 Å². The van der Waals surface area contributed by atoms with E-state index in [9.17, 15) is 4.79 Å². The first-order chi connectivity index (χ1) is 9.26. The number of epoxide rings is 1. The summed E-state index contributed by atoms with van der Waals surface area (Å²) in [4.78, 5) is 14.3. The van der Waals surface area contributed by atoms with Gasteiger partial charge in [0.15, 0.2) is 0 Å². The fraction of sp³-hybridized carbons (Fsp3) is 0.938. The summed E-state index contributed by atoms with van der Waals surface area (Å²) in [5.41, 5.74) is -0.427. The van der Waals surface area contributed by atoms with Crippen LogP contribution in [-0.4, -0.2) is 41.4 Å². The monoisotopic (exact) mass is 281 g/mol. The highest BCUT2D eigenvalue weighted by atomic mass is 16.6. The van der Waals surface area contributed by atoms with Gasteiger partial charge < -0.3 is 14.4 Å². The lowest BCUT2D eigenvalue weighted by atomic mass is 9.88. The first-order valence-corrected chi connectivity index (χ1v) is 7.91. The molecule has 0 radical (unpaired) electrons. The molecule has 3 fully saturated rings. The van der Waals surface area contributed by atoms with Gasteiger partial charge in [-0.1, -0.05) is 0 Å². The molecular formula is C16H27NO3. The molecule has 5 unspecified atom stereocenters. The molecule has 2 saturated carbocycles.